The van der Waals surface area contributed by atoms with Gasteiger partial charge in [0, 0.05) is 43.4 Å². The molecule has 0 spiro atoms. The van der Waals surface area contributed by atoms with Crippen molar-refractivity contribution in [1.82, 2.24) is 10.2 Å². The maximum atomic E-state index is 11.1. The quantitative estimate of drug-likeness (QED) is 0.420. The maximum absolute atomic E-state index is 11.1. The Morgan fingerprint density at radius 3 is 2.58 bits per heavy atom. The van der Waals surface area contributed by atoms with Gasteiger partial charge in [0.15, 0.2) is 5.96 Å². The molecule has 0 aliphatic carbocycles. The van der Waals surface area contributed by atoms with Crippen LogP contribution in [0.5, 0.6) is 0 Å². The van der Waals surface area contributed by atoms with Crippen LogP contribution >= 0.6 is 35.7 Å². The third-order valence-electron chi connectivity index (χ3n) is 2.69. The third kappa shape index (κ3) is 7.60. The third-order valence-corrected chi connectivity index (χ3v) is 4.94. The molecule has 114 valence electrons. The van der Waals surface area contributed by atoms with Crippen molar-refractivity contribution in [3.8, 4) is 0 Å². The molecule has 0 bridgehead atoms. The van der Waals surface area contributed by atoms with Gasteiger partial charge in [-0.3, -0.25) is 4.99 Å². The maximum Gasteiger partial charge on any atom is 0.193 e. The van der Waals surface area contributed by atoms with E-state index in [2.05, 4.69) is 29.1 Å². The van der Waals surface area contributed by atoms with E-state index < -0.39 is 9.84 Å². The minimum Gasteiger partial charge on any atom is -0.355 e. The van der Waals surface area contributed by atoms with Crippen molar-refractivity contribution in [2.75, 3.05) is 44.4 Å². The Balaban J connectivity index is 0.00000324. The number of guanidine groups is 1. The Morgan fingerprint density at radius 2 is 2.11 bits per heavy atom. The summed E-state index contributed by atoms with van der Waals surface area (Å²) in [5.41, 5.74) is 0. The predicted octanol–water partition coefficient (Wildman–Crippen LogP) is 1.05. The summed E-state index contributed by atoms with van der Waals surface area (Å²) in [5, 5.41) is 3.12. The second kappa shape index (κ2) is 7.92. The predicted molar refractivity (Wildman–Crippen MR) is 94.6 cm³/mol. The Labute approximate surface area is 137 Å². The Hall–Kier alpha value is 0.300. The summed E-state index contributed by atoms with van der Waals surface area (Å²) in [6, 6.07) is 0. The molecule has 1 N–H and O–H groups in total. The molecule has 0 aromatic heterocycles. The molecule has 1 aliphatic rings. The van der Waals surface area contributed by atoms with Crippen molar-refractivity contribution in [1.29, 1.82) is 0 Å². The average molecular weight is 421 g/mol. The Kier molecular flexibility index (Phi) is 8.04. The van der Waals surface area contributed by atoms with Gasteiger partial charge in [0.1, 0.15) is 9.84 Å². The highest BCUT2D eigenvalue weighted by Crippen LogP contribution is 2.29. The van der Waals surface area contributed by atoms with Gasteiger partial charge in [0.2, 0.25) is 0 Å². The second-order valence-electron chi connectivity index (χ2n) is 5.13. The summed E-state index contributed by atoms with van der Waals surface area (Å²) in [6.45, 7) is 6.72. The van der Waals surface area contributed by atoms with Gasteiger partial charge in [0.25, 0.3) is 0 Å². The van der Waals surface area contributed by atoms with Crippen LogP contribution in [0.15, 0.2) is 4.99 Å². The Bertz CT molecular complexity index is 410. The molecule has 8 heteroatoms. The highest BCUT2D eigenvalue weighted by atomic mass is 127. The molecule has 1 saturated heterocycles. The van der Waals surface area contributed by atoms with E-state index in [1.54, 1.807) is 7.05 Å². The molecule has 19 heavy (non-hydrogen) atoms. The zero-order valence-electron chi connectivity index (χ0n) is 12.0. The largest absolute Gasteiger partial charge is 0.355 e. The van der Waals surface area contributed by atoms with Gasteiger partial charge >= 0.3 is 0 Å². The van der Waals surface area contributed by atoms with Crippen molar-refractivity contribution in [3.05, 3.63) is 0 Å². The van der Waals surface area contributed by atoms with Crippen molar-refractivity contribution >= 4 is 51.5 Å². The van der Waals surface area contributed by atoms with Crippen molar-refractivity contribution in [3.63, 3.8) is 0 Å². The summed E-state index contributed by atoms with van der Waals surface area (Å²) >= 11 is 1.96. The number of hydrogen-bond donors (Lipinski definition) is 1. The SMILES string of the molecule is CN=C(NCCS(C)(=O)=O)N1CCSC(C)(C)C1.I. The van der Waals surface area contributed by atoms with Gasteiger partial charge in [-0.25, -0.2) is 8.42 Å². The van der Waals surface area contributed by atoms with Gasteiger partial charge < -0.3 is 10.2 Å². The molecule has 0 amide bonds. The molecule has 0 unspecified atom stereocenters. The van der Waals surface area contributed by atoms with E-state index in [1.807, 2.05) is 11.8 Å². The lowest BCUT2D eigenvalue weighted by molar-refractivity contribution is 0.377. The monoisotopic (exact) mass is 421 g/mol. The molecule has 5 nitrogen and oxygen atoms in total. The number of thioether (sulfide) groups is 1. The van der Waals surface area contributed by atoms with Gasteiger partial charge in [-0.2, -0.15) is 11.8 Å². The lowest BCUT2D eigenvalue weighted by Gasteiger charge is -2.39. The van der Waals surface area contributed by atoms with Crippen LogP contribution in [0.3, 0.4) is 0 Å². The normalized spacial score (nSPS) is 19.8. The first kappa shape index (κ1) is 19.3. The van der Waals surface area contributed by atoms with Crippen LogP contribution in [0.1, 0.15) is 13.8 Å². The topological polar surface area (TPSA) is 61.8 Å². The highest BCUT2D eigenvalue weighted by molar-refractivity contribution is 14.0. The molecule has 1 heterocycles. The summed E-state index contributed by atoms with van der Waals surface area (Å²) in [7, 11) is -1.19. The van der Waals surface area contributed by atoms with Crippen LogP contribution in [0, 0.1) is 0 Å². The highest BCUT2D eigenvalue weighted by Gasteiger charge is 2.28. The van der Waals surface area contributed by atoms with E-state index in [-0.39, 0.29) is 34.5 Å². The smallest absolute Gasteiger partial charge is 0.193 e. The lowest BCUT2D eigenvalue weighted by Crippen LogP contribution is -2.51. The van der Waals surface area contributed by atoms with Gasteiger partial charge in [0.05, 0.1) is 5.75 Å². The lowest BCUT2D eigenvalue weighted by atomic mass is 10.2. The molecular formula is C11H24IN3O2S2. The molecule has 0 radical (unpaired) electrons. The minimum atomic E-state index is -2.92. The van der Waals surface area contributed by atoms with Crippen molar-refractivity contribution < 1.29 is 8.42 Å². The van der Waals surface area contributed by atoms with Crippen LogP contribution in [0.2, 0.25) is 0 Å². The van der Waals surface area contributed by atoms with E-state index >= 15 is 0 Å². The first-order chi connectivity index (χ1) is 8.23. The fourth-order valence-corrected chi connectivity index (χ4v) is 3.46. The van der Waals surface area contributed by atoms with E-state index in [9.17, 15) is 8.42 Å². The zero-order valence-corrected chi connectivity index (χ0v) is 15.9. The van der Waals surface area contributed by atoms with Crippen LogP contribution in [-0.2, 0) is 9.84 Å². The van der Waals surface area contributed by atoms with Crippen LogP contribution in [0.4, 0.5) is 0 Å². The fraction of sp³-hybridized carbons (Fsp3) is 0.909. The van der Waals surface area contributed by atoms with E-state index in [0.717, 1.165) is 24.8 Å². The van der Waals surface area contributed by atoms with Crippen molar-refractivity contribution in [2.24, 2.45) is 4.99 Å². The molecule has 1 fully saturated rings. The summed E-state index contributed by atoms with van der Waals surface area (Å²) in [5.74, 6) is 2.00. The fourth-order valence-electron chi connectivity index (χ4n) is 1.88. The second-order valence-corrected chi connectivity index (χ2v) is 9.20. The van der Waals surface area contributed by atoms with E-state index in [0.29, 0.717) is 6.54 Å². The van der Waals surface area contributed by atoms with E-state index in [1.165, 1.54) is 6.26 Å². The van der Waals surface area contributed by atoms with Gasteiger partial charge in [-0.05, 0) is 13.8 Å². The number of nitrogens with one attached hydrogen (secondary N) is 1. The van der Waals surface area contributed by atoms with Gasteiger partial charge in [-0.1, -0.05) is 0 Å². The molecule has 0 aromatic carbocycles. The summed E-state index contributed by atoms with van der Waals surface area (Å²) in [4.78, 5) is 6.42. The molecular weight excluding hydrogens is 397 g/mol. The Morgan fingerprint density at radius 1 is 1.47 bits per heavy atom. The number of aliphatic imine (C=N–C) groups is 1. The first-order valence-electron chi connectivity index (χ1n) is 6.01. The van der Waals surface area contributed by atoms with E-state index in [4.69, 9.17) is 0 Å². The standard InChI is InChI=1S/C11H23N3O2S2.HI/c1-11(2)9-14(6-7-17-11)10(12-3)13-5-8-18(4,15)16;/h5-9H2,1-4H3,(H,12,13);1H. The molecule has 1 aliphatic heterocycles. The molecule has 0 atom stereocenters. The average Bonchev–Trinajstić information content (AvgIpc) is 2.21. The number of rotatable bonds is 3. The number of hydrogen-bond acceptors (Lipinski definition) is 4. The number of sulfone groups is 1. The molecule has 0 aromatic rings. The summed E-state index contributed by atoms with van der Waals surface area (Å²) < 4.78 is 22.4. The first-order valence-corrected chi connectivity index (χ1v) is 9.05. The number of halogens is 1. The molecule has 1 rings (SSSR count). The summed E-state index contributed by atoms with van der Waals surface area (Å²) in [6.07, 6.45) is 1.25. The number of nitrogens with zero attached hydrogens (tertiary/aromatic N) is 2. The van der Waals surface area contributed by atoms with Gasteiger partial charge in [-0.15, -0.1) is 24.0 Å². The molecule has 0 saturated carbocycles. The zero-order chi connectivity index (χ0) is 13.8. The van der Waals surface area contributed by atoms with Crippen molar-refractivity contribution in [2.45, 2.75) is 18.6 Å². The van der Waals surface area contributed by atoms with Crippen LogP contribution in [-0.4, -0.2) is 68.5 Å². The minimum absolute atomic E-state index is 0. The van der Waals surface area contributed by atoms with Crippen LogP contribution < -0.4 is 5.32 Å². The van der Waals surface area contributed by atoms with Crippen LogP contribution in [0.25, 0.3) is 0 Å².